The summed E-state index contributed by atoms with van der Waals surface area (Å²) in [6, 6.07) is 8.69. The summed E-state index contributed by atoms with van der Waals surface area (Å²) in [7, 11) is -3.81. The zero-order valence-electron chi connectivity index (χ0n) is 13.6. The van der Waals surface area contributed by atoms with Crippen molar-refractivity contribution in [1.82, 2.24) is 4.98 Å². The molecule has 1 aromatic heterocycles. The van der Waals surface area contributed by atoms with Gasteiger partial charge in [-0.25, -0.2) is 18.5 Å². The van der Waals surface area contributed by atoms with Crippen molar-refractivity contribution in [3.05, 3.63) is 71.8 Å². The van der Waals surface area contributed by atoms with Gasteiger partial charge in [0.05, 0.1) is 23.5 Å². The molecule has 1 heterocycles. The Morgan fingerprint density at radius 2 is 1.50 bits per heavy atom. The Kier molecular flexibility index (Phi) is 4.76. The molecule has 0 unspecified atom stereocenters. The SMILES string of the molecule is NS(=O)(=O)c1ccc(C2=CC(CO)(CO)C=C2c2ccc(F)nc2)cc1. The van der Waals surface area contributed by atoms with Crippen molar-refractivity contribution < 1.29 is 23.0 Å². The van der Waals surface area contributed by atoms with Crippen molar-refractivity contribution >= 4 is 21.2 Å². The van der Waals surface area contributed by atoms with Gasteiger partial charge >= 0.3 is 0 Å². The van der Waals surface area contributed by atoms with Gasteiger partial charge in [-0.15, -0.1) is 0 Å². The lowest BCUT2D eigenvalue weighted by atomic mass is 9.92. The second-order valence-corrected chi connectivity index (χ2v) is 7.67. The van der Waals surface area contributed by atoms with E-state index in [1.165, 1.54) is 24.4 Å². The second kappa shape index (κ2) is 6.73. The molecule has 6 nitrogen and oxygen atoms in total. The summed E-state index contributed by atoms with van der Waals surface area (Å²) < 4.78 is 36.0. The molecule has 3 rings (SSSR count). The average Bonchev–Trinajstić information content (AvgIpc) is 3.02. The van der Waals surface area contributed by atoms with E-state index in [2.05, 4.69) is 4.98 Å². The minimum absolute atomic E-state index is 0.0237. The Balaban J connectivity index is 2.10. The standard InChI is InChI=1S/C18H17FN2O4S/c19-17-6-3-13(9-21-17)16-8-18(10-22,11-23)7-15(16)12-1-4-14(5-2-12)26(20,24)25/h1-9,22-23H,10-11H2,(H2,20,24,25). The summed E-state index contributed by atoms with van der Waals surface area (Å²) in [4.78, 5) is 3.62. The molecule has 8 heteroatoms. The first kappa shape index (κ1) is 18.4. The molecule has 4 N–H and O–H groups in total. The fraction of sp³-hybridized carbons (Fsp3) is 0.167. The molecule has 2 aromatic rings. The van der Waals surface area contributed by atoms with Crippen LogP contribution in [0, 0.1) is 11.4 Å². The number of aromatic nitrogens is 1. The van der Waals surface area contributed by atoms with Gasteiger partial charge in [-0.2, -0.15) is 4.39 Å². The number of aliphatic hydroxyl groups is 2. The molecule has 0 aliphatic heterocycles. The van der Waals surface area contributed by atoms with E-state index in [-0.39, 0.29) is 18.1 Å². The number of nitrogens with zero attached hydrogens (tertiary/aromatic N) is 1. The van der Waals surface area contributed by atoms with Crippen LogP contribution in [0.3, 0.4) is 0 Å². The van der Waals surface area contributed by atoms with Crippen LogP contribution in [0.15, 0.2) is 59.6 Å². The highest BCUT2D eigenvalue weighted by atomic mass is 32.2. The van der Waals surface area contributed by atoms with Crippen LogP contribution in [-0.4, -0.2) is 36.8 Å². The van der Waals surface area contributed by atoms with Crippen LogP contribution in [0.5, 0.6) is 0 Å². The normalized spacial score (nSPS) is 16.3. The Morgan fingerprint density at radius 1 is 0.962 bits per heavy atom. The van der Waals surface area contributed by atoms with Crippen molar-refractivity contribution in [3.8, 4) is 0 Å². The van der Waals surface area contributed by atoms with Crippen molar-refractivity contribution in [2.75, 3.05) is 13.2 Å². The van der Waals surface area contributed by atoms with Crippen LogP contribution in [0.1, 0.15) is 11.1 Å². The zero-order chi connectivity index (χ0) is 18.9. The molecule has 0 spiro atoms. The van der Waals surface area contributed by atoms with Crippen molar-refractivity contribution in [1.29, 1.82) is 0 Å². The van der Waals surface area contributed by atoms with E-state index in [0.717, 1.165) is 0 Å². The molecule has 0 fully saturated rings. The number of allylic oxidation sites excluding steroid dienone is 2. The third-order valence-electron chi connectivity index (χ3n) is 4.27. The summed E-state index contributed by atoms with van der Waals surface area (Å²) in [6.07, 6.45) is 4.76. The number of hydrogen-bond donors (Lipinski definition) is 3. The van der Waals surface area contributed by atoms with Crippen LogP contribution in [-0.2, 0) is 10.0 Å². The molecule has 0 saturated carbocycles. The Morgan fingerprint density at radius 3 is 1.96 bits per heavy atom. The Hall–Kier alpha value is -2.39. The lowest BCUT2D eigenvalue weighted by molar-refractivity contribution is 0.131. The van der Waals surface area contributed by atoms with E-state index in [9.17, 15) is 23.0 Å². The molecule has 0 saturated heterocycles. The van der Waals surface area contributed by atoms with Gasteiger partial charge in [-0.3, -0.25) is 0 Å². The fourth-order valence-electron chi connectivity index (χ4n) is 2.84. The third-order valence-corrected chi connectivity index (χ3v) is 5.20. The van der Waals surface area contributed by atoms with Gasteiger partial charge in [0, 0.05) is 11.8 Å². The largest absolute Gasteiger partial charge is 0.395 e. The number of nitrogens with two attached hydrogens (primary N) is 1. The Labute approximate surface area is 150 Å². The topological polar surface area (TPSA) is 114 Å². The third kappa shape index (κ3) is 3.45. The monoisotopic (exact) mass is 376 g/mol. The first-order chi connectivity index (χ1) is 12.3. The minimum atomic E-state index is -3.81. The molecular formula is C18H17FN2O4S. The van der Waals surface area contributed by atoms with Gasteiger partial charge in [0.1, 0.15) is 0 Å². The molecule has 0 amide bonds. The lowest BCUT2D eigenvalue weighted by Gasteiger charge is -2.18. The van der Waals surface area contributed by atoms with Gasteiger partial charge in [-0.05, 0) is 41.0 Å². The van der Waals surface area contributed by atoms with Gasteiger partial charge < -0.3 is 10.2 Å². The van der Waals surface area contributed by atoms with E-state index in [1.54, 1.807) is 30.4 Å². The molecule has 26 heavy (non-hydrogen) atoms. The second-order valence-electron chi connectivity index (χ2n) is 6.10. The summed E-state index contributed by atoms with van der Waals surface area (Å²) in [5, 5.41) is 24.6. The predicted molar refractivity (Wildman–Crippen MR) is 94.6 cm³/mol. The van der Waals surface area contributed by atoms with E-state index >= 15 is 0 Å². The number of rotatable bonds is 5. The number of pyridine rings is 1. The van der Waals surface area contributed by atoms with Crippen LogP contribution in [0.2, 0.25) is 0 Å². The molecule has 0 atom stereocenters. The highest BCUT2D eigenvalue weighted by Crippen LogP contribution is 2.43. The van der Waals surface area contributed by atoms with Crippen LogP contribution in [0.25, 0.3) is 11.1 Å². The Bertz CT molecular complexity index is 977. The maximum absolute atomic E-state index is 13.1. The summed E-state index contributed by atoms with van der Waals surface area (Å²) in [5.74, 6) is -0.619. The predicted octanol–water partition coefficient (Wildman–Crippen LogP) is 1.32. The van der Waals surface area contributed by atoms with E-state index in [1.807, 2.05) is 0 Å². The first-order valence-corrected chi connectivity index (χ1v) is 9.26. The first-order valence-electron chi connectivity index (χ1n) is 7.71. The minimum Gasteiger partial charge on any atom is -0.395 e. The zero-order valence-corrected chi connectivity index (χ0v) is 14.4. The molecule has 0 radical (unpaired) electrons. The van der Waals surface area contributed by atoms with Gasteiger partial charge in [0.15, 0.2) is 0 Å². The van der Waals surface area contributed by atoms with Gasteiger partial charge in [0.25, 0.3) is 0 Å². The maximum Gasteiger partial charge on any atom is 0.238 e. The number of benzene rings is 1. The fourth-order valence-corrected chi connectivity index (χ4v) is 3.36. The van der Waals surface area contributed by atoms with Crippen molar-refractivity contribution in [2.24, 2.45) is 10.6 Å². The number of primary sulfonamides is 1. The smallest absolute Gasteiger partial charge is 0.238 e. The van der Waals surface area contributed by atoms with Gasteiger partial charge in [-0.1, -0.05) is 24.3 Å². The van der Waals surface area contributed by atoms with Crippen LogP contribution in [0.4, 0.5) is 4.39 Å². The molecule has 1 aliphatic rings. The maximum atomic E-state index is 13.1. The summed E-state index contributed by atoms with van der Waals surface area (Å²) in [6.45, 7) is -0.638. The quantitative estimate of drug-likeness (QED) is 0.681. The average molecular weight is 376 g/mol. The number of hydrogen-bond acceptors (Lipinski definition) is 5. The molecule has 136 valence electrons. The van der Waals surface area contributed by atoms with E-state index < -0.39 is 21.4 Å². The molecule has 1 aliphatic carbocycles. The molecule has 0 bridgehead atoms. The van der Waals surface area contributed by atoms with Crippen molar-refractivity contribution in [3.63, 3.8) is 0 Å². The molecular weight excluding hydrogens is 359 g/mol. The van der Waals surface area contributed by atoms with Crippen LogP contribution >= 0.6 is 0 Å². The number of sulfonamides is 1. The summed E-state index contributed by atoms with van der Waals surface area (Å²) in [5.41, 5.74) is 1.62. The van der Waals surface area contributed by atoms with E-state index in [0.29, 0.717) is 22.3 Å². The van der Waals surface area contributed by atoms with E-state index in [4.69, 9.17) is 5.14 Å². The summed E-state index contributed by atoms with van der Waals surface area (Å²) >= 11 is 0. The van der Waals surface area contributed by atoms with Crippen molar-refractivity contribution in [2.45, 2.75) is 4.90 Å². The highest BCUT2D eigenvalue weighted by Gasteiger charge is 2.32. The van der Waals surface area contributed by atoms with Gasteiger partial charge in [0.2, 0.25) is 16.0 Å². The number of halogens is 1. The highest BCUT2D eigenvalue weighted by molar-refractivity contribution is 7.89. The van der Waals surface area contributed by atoms with Crippen LogP contribution < -0.4 is 5.14 Å². The number of aliphatic hydroxyl groups excluding tert-OH is 2. The lowest BCUT2D eigenvalue weighted by Crippen LogP contribution is -2.23. The molecule has 1 aromatic carbocycles.